The van der Waals surface area contributed by atoms with Gasteiger partial charge in [0.1, 0.15) is 0 Å². The van der Waals surface area contributed by atoms with Crippen molar-refractivity contribution in [2.45, 2.75) is 38.1 Å². The van der Waals surface area contributed by atoms with Crippen LogP contribution in [-0.2, 0) is 4.79 Å². The van der Waals surface area contributed by atoms with Gasteiger partial charge in [-0.15, -0.1) is 0 Å². The number of nitrogens with zero attached hydrogens (tertiary/aromatic N) is 1. The van der Waals surface area contributed by atoms with Gasteiger partial charge < -0.3 is 4.90 Å². The first-order valence-electron chi connectivity index (χ1n) is 6.04. The fourth-order valence-electron chi connectivity index (χ4n) is 3.28. The SMILES string of the molecule is Cc1ccc2c(c1)C1CCCC(=O)C1N2C. The smallest absolute Gasteiger partial charge is 0.155 e. The van der Waals surface area contributed by atoms with Crippen LogP contribution in [0.25, 0.3) is 0 Å². The normalized spacial score (nSPS) is 27.9. The maximum Gasteiger partial charge on any atom is 0.155 e. The highest BCUT2D eigenvalue weighted by molar-refractivity contribution is 5.92. The van der Waals surface area contributed by atoms with E-state index in [9.17, 15) is 4.79 Å². The Balaban J connectivity index is 2.11. The first-order valence-corrected chi connectivity index (χ1v) is 6.04. The summed E-state index contributed by atoms with van der Waals surface area (Å²) in [6.07, 6.45) is 2.98. The summed E-state index contributed by atoms with van der Waals surface area (Å²) in [4.78, 5) is 14.2. The van der Waals surface area contributed by atoms with E-state index in [1.165, 1.54) is 16.8 Å². The molecule has 2 nitrogen and oxygen atoms in total. The van der Waals surface area contributed by atoms with E-state index in [1.54, 1.807) is 0 Å². The second-order valence-electron chi connectivity index (χ2n) is 5.08. The number of ketones is 1. The third kappa shape index (κ3) is 1.22. The van der Waals surface area contributed by atoms with Crippen molar-refractivity contribution < 1.29 is 4.79 Å². The number of anilines is 1. The number of carbonyl (C=O) groups excluding carboxylic acids is 1. The minimum Gasteiger partial charge on any atom is -0.364 e. The molecule has 0 N–H and O–H groups in total. The van der Waals surface area contributed by atoms with Crippen LogP contribution in [0.5, 0.6) is 0 Å². The van der Waals surface area contributed by atoms with E-state index in [-0.39, 0.29) is 6.04 Å². The lowest BCUT2D eigenvalue weighted by Crippen LogP contribution is -2.40. The minimum absolute atomic E-state index is 0.116. The summed E-state index contributed by atoms with van der Waals surface area (Å²) in [7, 11) is 2.06. The van der Waals surface area contributed by atoms with E-state index in [1.807, 2.05) is 0 Å². The van der Waals surface area contributed by atoms with Crippen LogP contribution in [0.15, 0.2) is 18.2 Å². The highest BCUT2D eigenvalue weighted by Gasteiger charge is 2.42. The van der Waals surface area contributed by atoms with Gasteiger partial charge in [-0.3, -0.25) is 4.79 Å². The van der Waals surface area contributed by atoms with E-state index in [2.05, 4.69) is 37.1 Å². The van der Waals surface area contributed by atoms with E-state index in [0.717, 1.165) is 19.3 Å². The molecule has 2 unspecified atom stereocenters. The van der Waals surface area contributed by atoms with Gasteiger partial charge in [-0.1, -0.05) is 17.7 Å². The van der Waals surface area contributed by atoms with Crippen molar-refractivity contribution in [2.24, 2.45) is 0 Å². The number of hydrogen-bond acceptors (Lipinski definition) is 2. The third-order valence-corrected chi connectivity index (χ3v) is 4.03. The maximum atomic E-state index is 12.0. The molecule has 0 saturated heterocycles. The summed E-state index contributed by atoms with van der Waals surface area (Å²) in [6, 6.07) is 6.67. The average molecular weight is 215 g/mol. The number of rotatable bonds is 0. The number of aryl methyl sites for hydroxylation is 1. The first kappa shape index (κ1) is 9.88. The molecule has 0 bridgehead atoms. The van der Waals surface area contributed by atoms with Crippen molar-refractivity contribution in [1.29, 1.82) is 0 Å². The Bertz CT molecular complexity index is 452. The zero-order valence-corrected chi connectivity index (χ0v) is 9.86. The zero-order chi connectivity index (χ0) is 11.3. The number of hydrogen-bond donors (Lipinski definition) is 0. The topological polar surface area (TPSA) is 20.3 Å². The molecular weight excluding hydrogens is 198 g/mol. The van der Waals surface area contributed by atoms with Crippen LogP contribution in [0.4, 0.5) is 5.69 Å². The first-order chi connectivity index (χ1) is 7.68. The van der Waals surface area contributed by atoms with Crippen molar-refractivity contribution in [3.05, 3.63) is 29.3 Å². The van der Waals surface area contributed by atoms with Crippen LogP contribution in [0, 0.1) is 6.92 Å². The number of carbonyl (C=O) groups is 1. The van der Waals surface area contributed by atoms with Gasteiger partial charge in [0.15, 0.2) is 5.78 Å². The molecular formula is C14H17NO. The predicted molar refractivity (Wildman–Crippen MR) is 65.0 cm³/mol. The molecule has 0 radical (unpaired) electrons. The van der Waals surface area contributed by atoms with Crippen LogP contribution in [0.1, 0.15) is 36.3 Å². The molecule has 1 aromatic carbocycles. The van der Waals surface area contributed by atoms with Gasteiger partial charge in [0.25, 0.3) is 0 Å². The molecule has 16 heavy (non-hydrogen) atoms. The van der Waals surface area contributed by atoms with Crippen LogP contribution < -0.4 is 4.90 Å². The average Bonchev–Trinajstić information content (AvgIpc) is 2.54. The van der Waals surface area contributed by atoms with E-state index in [0.29, 0.717) is 11.7 Å². The zero-order valence-electron chi connectivity index (χ0n) is 9.86. The molecule has 0 amide bonds. The van der Waals surface area contributed by atoms with Crippen molar-refractivity contribution in [3.63, 3.8) is 0 Å². The molecule has 0 spiro atoms. The molecule has 2 aliphatic rings. The Morgan fingerprint density at radius 1 is 1.38 bits per heavy atom. The third-order valence-electron chi connectivity index (χ3n) is 4.03. The molecule has 1 heterocycles. The summed E-state index contributed by atoms with van der Waals surface area (Å²) in [5.41, 5.74) is 3.95. The number of fused-ring (bicyclic) bond motifs is 3. The van der Waals surface area contributed by atoms with Crippen LogP contribution in [-0.4, -0.2) is 18.9 Å². The van der Waals surface area contributed by atoms with Gasteiger partial charge in [-0.05, 0) is 31.4 Å². The maximum absolute atomic E-state index is 12.0. The second-order valence-corrected chi connectivity index (χ2v) is 5.08. The molecule has 2 atom stereocenters. The van der Waals surface area contributed by atoms with Crippen molar-refractivity contribution in [3.8, 4) is 0 Å². The van der Waals surface area contributed by atoms with Gasteiger partial charge in [0.2, 0.25) is 0 Å². The Morgan fingerprint density at radius 2 is 2.19 bits per heavy atom. The van der Waals surface area contributed by atoms with Gasteiger partial charge in [-0.2, -0.15) is 0 Å². The fraction of sp³-hybridized carbons (Fsp3) is 0.500. The number of likely N-dealkylation sites (N-methyl/N-ethyl adjacent to an activating group) is 1. The fourth-order valence-corrected chi connectivity index (χ4v) is 3.28. The van der Waals surface area contributed by atoms with Gasteiger partial charge >= 0.3 is 0 Å². The summed E-state index contributed by atoms with van der Waals surface area (Å²) in [5.74, 6) is 0.869. The quantitative estimate of drug-likeness (QED) is 0.663. The monoisotopic (exact) mass is 215 g/mol. The lowest BCUT2D eigenvalue weighted by molar-refractivity contribution is -0.121. The highest BCUT2D eigenvalue weighted by atomic mass is 16.1. The molecule has 1 aliphatic carbocycles. The Morgan fingerprint density at radius 3 is 3.00 bits per heavy atom. The molecule has 3 rings (SSSR count). The van der Waals surface area contributed by atoms with Gasteiger partial charge in [0, 0.05) is 25.1 Å². The Kier molecular flexibility index (Phi) is 2.06. The van der Waals surface area contributed by atoms with Gasteiger partial charge in [-0.25, -0.2) is 0 Å². The van der Waals surface area contributed by atoms with Crippen LogP contribution in [0.3, 0.4) is 0 Å². The molecule has 1 fully saturated rings. The molecule has 84 valence electrons. The largest absolute Gasteiger partial charge is 0.364 e. The van der Waals surface area contributed by atoms with E-state index in [4.69, 9.17) is 0 Å². The number of benzene rings is 1. The predicted octanol–water partition coefficient (Wildman–Crippen LogP) is 2.65. The summed E-state index contributed by atoms with van der Waals surface area (Å²) in [5, 5.41) is 0. The van der Waals surface area contributed by atoms with Gasteiger partial charge in [0.05, 0.1) is 6.04 Å². The van der Waals surface area contributed by atoms with Crippen molar-refractivity contribution in [1.82, 2.24) is 0 Å². The summed E-state index contributed by atoms with van der Waals surface area (Å²) < 4.78 is 0. The highest BCUT2D eigenvalue weighted by Crippen LogP contribution is 2.45. The standard InChI is InChI=1S/C14H17NO/c1-9-6-7-12-11(8-9)10-4-3-5-13(16)14(10)15(12)2/h6-8,10,14H,3-5H2,1-2H3. The lowest BCUT2D eigenvalue weighted by Gasteiger charge is -2.29. The summed E-state index contributed by atoms with van der Waals surface area (Å²) in [6.45, 7) is 2.12. The lowest BCUT2D eigenvalue weighted by atomic mass is 9.81. The number of Topliss-reactive ketones (excluding diaryl/α,β-unsaturated/α-hetero) is 1. The van der Waals surface area contributed by atoms with Crippen LogP contribution >= 0.6 is 0 Å². The summed E-state index contributed by atoms with van der Waals surface area (Å²) >= 11 is 0. The molecule has 2 heteroatoms. The van der Waals surface area contributed by atoms with E-state index < -0.39 is 0 Å². The molecule has 1 aromatic rings. The van der Waals surface area contributed by atoms with Crippen molar-refractivity contribution >= 4 is 11.5 Å². The Labute approximate surface area is 96.3 Å². The Hall–Kier alpha value is -1.31. The van der Waals surface area contributed by atoms with E-state index >= 15 is 0 Å². The molecule has 1 saturated carbocycles. The second kappa shape index (κ2) is 3.34. The minimum atomic E-state index is 0.116. The molecule has 1 aliphatic heterocycles. The van der Waals surface area contributed by atoms with Crippen LogP contribution in [0.2, 0.25) is 0 Å². The molecule has 0 aromatic heterocycles. The van der Waals surface area contributed by atoms with Crippen molar-refractivity contribution in [2.75, 3.05) is 11.9 Å².